The average Bonchev–Trinajstić information content (AvgIpc) is 2.41. The molecule has 6 heteroatoms. The van der Waals surface area contributed by atoms with E-state index in [1.807, 2.05) is 31.2 Å². The molecule has 1 unspecified atom stereocenters. The second kappa shape index (κ2) is 12.1. The number of nitrogens with zero attached hydrogens (tertiary/aromatic N) is 1. The molecule has 0 aromatic heterocycles. The highest BCUT2D eigenvalue weighted by molar-refractivity contribution is 14.0. The van der Waals surface area contributed by atoms with E-state index in [0.29, 0.717) is 13.2 Å². The monoisotopic (exact) mass is 425 g/mol. The zero-order chi connectivity index (χ0) is 14.8. The zero-order valence-electron chi connectivity index (χ0n) is 12.9. The van der Waals surface area contributed by atoms with E-state index in [-0.39, 0.29) is 30.0 Å². The number of nitrogens with one attached hydrogen (secondary N) is 2. The predicted molar refractivity (Wildman–Crippen MR) is 101 cm³/mol. The van der Waals surface area contributed by atoms with Gasteiger partial charge in [0.15, 0.2) is 5.96 Å². The van der Waals surface area contributed by atoms with Gasteiger partial charge in [-0.2, -0.15) is 0 Å². The number of aliphatic imine (C=N–C) groups is 1. The van der Waals surface area contributed by atoms with Crippen LogP contribution in [-0.4, -0.2) is 38.8 Å². The van der Waals surface area contributed by atoms with E-state index >= 15 is 0 Å². The summed E-state index contributed by atoms with van der Waals surface area (Å²) < 4.78 is 5.11. The third-order valence-electron chi connectivity index (χ3n) is 2.75. The van der Waals surface area contributed by atoms with Crippen LogP contribution in [0.4, 0.5) is 0 Å². The Bertz CT molecular complexity index is 429. The van der Waals surface area contributed by atoms with E-state index in [0.717, 1.165) is 29.5 Å². The molecule has 2 N–H and O–H groups in total. The van der Waals surface area contributed by atoms with E-state index in [2.05, 4.69) is 22.5 Å². The second-order valence-electron chi connectivity index (χ2n) is 4.60. The molecule has 0 heterocycles. The Hall–Kier alpha value is -0.530. The van der Waals surface area contributed by atoms with E-state index in [1.54, 1.807) is 7.11 Å². The fourth-order valence-corrected chi connectivity index (χ4v) is 2.06. The number of methoxy groups -OCH3 is 1. The summed E-state index contributed by atoms with van der Waals surface area (Å²) in [6.07, 6.45) is 0.828. The van der Waals surface area contributed by atoms with Crippen molar-refractivity contribution < 1.29 is 4.74 Å². The summed E-state index contributed by atoms with van der Waals surface area (Å²) in [6.45, 7) is 6.28. The summed E-state index contributed by atoms with van der Waals surface area (Å²) >= 11 is 6.13. The molecule has 0 aliphatic heterocycles. The molecule has 0 aliphatic carbocycles. The molecule has 0 radical (unpaired) electrons. The van der Waals surface area contributed by atoms with Gasteiger partial charge in [-0.3, -0.25) is 4.99 Å². The lowest BCUT2D eigenvalue weighted by Crippen LogP contribution is -2.44. The van der Waals surface area contributed by atoms with Crippen molar-refractivity contribution in [2.45, 2.75) is 26.3 Å². The molecule has 0 bridgehead atoms. The van der Waals surface area contributed by atoms with Gasteiger partial charge in [-0.15, -0.1) is 24.0 Å². The first-order valence-electron chi connectivity index (χ1n) is 6.94. The third-order valence-corrected chi connectivity index (χ3v) is 3.12. The van der Waals surface area contributed by atoms with Gasteiger partial charge in [0.05, 0.1) is 6.61 Å². The zero-order valence-corrected chi connectivity index (χ0v) is 15.9. The molecular formula is C15H25ClIN3O. The van der Waals surface area contributed by atoms with Crippen LogP contribution in [-0.2, 0) is 11.2 Å². The molecule has 0 aliphatic rings. The van der Waals surface area contributed by atoms with Crippen molar-refractivity contribution >= 4 is 41.5 Å². The quantitative estimate of drug-likeness (QED) is 0.401. The summed E-state index contributed by atoms with van der Waals surface area (Å²) in [5.41, 5.74) is 1.12. The Balaban J connectivity index is 0.00000400. The van der Waals surface area contributed by atoms with Crippen LogP contribution in [0, 0.1) is 0 Å². The smallest absolute Gasteiger partial charge is 0.191 e. The number of hydrogen-bond acceptors (Lipinski definition) is 2. The first kappa shape index (κ1) is 20.5. The number of guanidine groups is 1. The standard InChI is InChI=1S/C15H24ClN3O.HI/c1-4-17-15(19-12(2)11-20-3)18-10-9-13-7-5-6-8-14(13)16;/h5-8,12H,4,9-11H2,1-3H3,(H2,17,18,19);1H. The van der Waals surface area contributed by atoms with Gasteiger partial charge >= 0.3 is 0 Å². The Labute approximate surface area is 149 Å². The van der Waals surface area contributed by atoms with Crippen molar-refractivity contribution in [3.05, 3.63) is 34.9 Å². The van der Waals surface area contributed by atoms with Crippen molar-refractivity contribution in [3.8, 4) is 0 Å². The van der Waals surface area contributed by atoms with E-state index < -0.39 is 0 Å². The first-order valence-corrected chi connectivity index (χ1v) is 7.32. The minimum atomic E-state index is 0. The van der Waals surface area contributed by atoms with Gasteiger partial charge in [0.25, 0.3) is 0 Å². The molecule has 4 nitrogen and oxygen atoms in total. The maximum Gasteiger partial charge on any atom is 0.191 e. The van der Waals surface area contributed by atoms with Crippen molar-refractivity contribution in [1.29, 1.82) is 0 Å². The topological polar surface area (TPSA) is 45.7 Å². The fraction of sp³-hybridized carbons (Fsp3) is 0.533. The van der Waals surface area contributed by atoms with Crippen LogP contribution in [0.15, 0.2) is 29.3 Å². The van der Waals surface area contributed by atoms with E-state index in [4.69, 9.17) is 16.3 Å². The highest BCUT2D eigenvalue weighted by atomic mass is 127. The van der Waals surface area contributed by atoms with Crippen LogP contribution < -0.4 is 10.6 Å². The van der Waals surface area contributed by atoms with E-state index in [9.17, 15) is 0 Å². The summed E-state index contributed by atoms with van der Waals surface area (Å²) in [6, 6.07) is 8.09. The predicted octanol–water partition coefficient (Wildman–Crippen LogP) is 3.09. The molecule has 0 amide bonds. The molecular weight excluding hydrogens is 401 g/mol. The largest absolute Gasteiger partial charge is 0.383 e. The lowest BCUT2D eigenvalue weighted by molar-refractivity contribution is 0.179. The Kier molecular flexibility index (Phi) is 11.8. The van der Waals surface area contributed by atoms with Crippen LogP contribution in [0.1, 0.15) is 19.4 Å². The normalized spacial score (nSPS) is 12.5. The summed E-state index contributed by atoms with van der Waals surface area (Å²) in [5, 5.41) is 7.32. The van der Waals surface area contributed by atoms with Gasteiger partial charge in [0.1, 0.15) is 0 Å². The van der Waals surface area contributed by atoms with Crippen molar-refractivity contribution in [1.82, 2.24) is 10.6 Å². The average molecular weight is 426 g/mol. The van der Waals surface area contributed by atoms with Gasteiger partial charge in [0, 0.05) is 31.3 Å². The Morgan fingerprint density at radius 2 is 2.10 bits per heavy atom. The number of rotatable bonds is 7. The fourth-order valence-electron chi connectivity index (χ4n) is 1.83. The first-order chi connectivity index (χ1) is 9.67. The van der Waals surface area contributed by atoms with Gasteiger partial charge in [-0.1, -0.05) is 29.8 Å². The van der Waals surface area contributed by atoms with E-state index in [1.165, 1.54) is 0 Å². The van der Waals surface area contributed by atoms with Crippen LogP contribution in [0.2, 0.25) is 5.02 Å². The number of hydrogen-bond donors (Lipinski definition) is 2. The summed E-state index contributed by atoms with van der Waals surface area (Å²) in [4.78, 5) is 4.55. The van der Waals surface area contributed by atoms with Crippen molar-refractivity contribution in [2.75, 3.05) is 26.8 Å². The molecule has 0 saturated carbocycles. The molecule has 1 aromatic rings. The lowest BCUT2D eigenvalue weighted by atomic mass is 10.1. The number of benzene rings is 1. The lowest BCUT2D eigenvalue weighted by Gasteiger charge is -2.17. The molecule has 0 spiro atoms. The molecule has 1 rings (SSSR count). The van der Waals surface area contributed by atoms with Crippen LogP contribution >= 0.6 is 35.6 Å². The van der Waals surface area contributed by atoms with Crippen LogP contribution in [0.3, 0.4) is 0 Å². The maximum absolute atomic E-state index is 6.13. The number of halogens is 2. The van der Waals surface area contributed by atoms with Crippen LogP contribution in [0.25, 0.3) is 0 Å². The minimum Gasteiger partial charge on any atom is -0.383 e. The molecule has 21 heavy (non-hydrogen) atoms. The molecule has 1 atom stereocenters. The maximum atomic E-state index is 6.13. The summed E-state index contributed by atoms with van der Waals surface area (Å²) in [7, 11) is 1.69. The Morgan fingerprint density at radius 3 is 2.71 bits per heavy atom. The molecule has 1 aromatic carbocycles. The van der Waals surface area contributed by atoms with Crippen molar-refractivity contribution in [3.63, 3.8) is 0 Å². The van der Waals surface area contributed by atoms with Crippen LogP contribution in [0.5, 0.6) is 0 Å². The molecule has 0 fully saturated rings. The number of ether oxygens (including phenoxy) is 1. The summed E-state index contributed by atoms with van der Waals surface area (Å²) in [5.74, 6) is 0.809. The van der Waals surface area contributed by atoms with Gasteiger partial charge in [-0.05, 0) is 31.9 Å². The minimum absolute atomic E-state index is 0. The Morgan fingerprint density at radius 1 is 1.38 bits per heavy atom. The highest BCUT2D eigenvalue weighted by Gasteiger charge is 2.04. The SMILES string of the molecule is CCNC(=NCCc1ccccc1Cl)NC(C)COC.I. The molecule has 120 valence electrons. The van der Waals surface area contributed by atoms with Gasteiger partial charge in [0.2, 0.25) is 0 Å². The molecule has 0 saturated heterocycles. The van der Waals surface area contributed by atoms with Crippen molar-refractivity contribution in [2.24, 2.45) is 4.99 Å². The third kappa shape index (κ3) is 8.48. The van der Waals surface area contributed by atoms with Gasteiger partial charge in [-0.25, -0.2) is 0 Å². The van der Waals surface area contributed by atoms with Gasteiger partial charge < -0.3 is 15.4 Å². The highest BCUT2D eigenvalue weighted by Crippen LogP contribution is 2.15. The second-order valence-corrected chi connectivity index (χ2v) is 5.01.